The lowest BCUT2D eigenvalue weighted by Gasteiger charge is -2.05. The van der Waals surface area contributed by atoms with Gasteiger partial charge in [0.25, 0.3) is 0 Å². The minimum Gasteiger partial charge on any atom is -0.377 e. The van der Waals surface area contributed by atoms with E-state index in [4.69, 9.17) is 16.6 Å². The zero-order valence-corrected chi connectivity index (χ0v) is 18.1. The summed E-state index contributed by atoms with van der Waals surface area (Å²) in [5.74, 6) is 0.739. The first-order chi connectivity index (χ1) is 15.0. The average Bonchev–Trinajstić information content (AvgIpc) is 3.39. The van der Waals surface area contributed by atoms with Gasteiger partial charge in [-0.2, -0.15) is 5.10 Å². The summed E-state index contributed by atoms with van der Waals surface area (Å²) in [4.78, 5) is 17.0. The van der Waals surface area contributed by atoms with Crippen molar-refractivity contribution in [1.82, 2.24) is 24.6 Å². The van der Waals surface area contributed by atoms with Gasteiger partial charge in [0.15, 0.2) is 5.65 Å². The molecule has 0 unspecified atom stereocenters. The number of allylic oxidation sites excluding steroid dienone is 2. The molecule has 0 atom stereocenters. The van der Waals surface area contributed by atoms with Crippen molar-refractivity contribution in [3.8, 4) is 11.3 Å². The standard InChI is InChI=1S/C23H22ClN7/c1-4-7-15(2)28-16(3)22-23(17-10-11-21-26-14-27-31(21)13-17)30-20(29-22)12-25-19-9-6-5-8-18(19)24/h4-11,13-14,25H,3,12H2,1-2H3,(H,29,30)/b7-4-,28-15?. The molecule has 4 aromatic rings. The van der Waals surface area contributed by atoms with Crippen molar-refractivity contribution in [2.24, 2.45) is 4.99 Å². The molecule has 0 fully saturated rings. The van der Waals surface area contributed by atoms with Crippen LogP contribution >= 0.6 is 11.6 Å². The number of pyridine rings is 1. The number of hydrogen-bond donors (Lipinski definition) is 2. The number of para-hydroxylation sites is 1. The molecular formula is C23H22ClN7. The van der Waals surface area contributed by atoms with Crippen LogP contribution in [0.3, 0.4) is 0 Å². The third-order valence-corrected chi connectivity index (χ3v) is 4.96. The van der Waals surface area contributed by atoms with Gasteiger partial charge in [-0.05, 0) is 44.2 Å². The molecule has 0 saturated heterocycles. The van der Waals surface area contributed by atoms with Gasteiger partial charge in [0.1, 0.15) is 12.2 Å². The lowest BCUT2D eigenvalue weighted by molar-refractivity contribution is 0.960. The molecule has 4 rings (SSSR count). The Morgan fingerprint density at radius 3 is 2.94 bits per heavy atom. The highest BCUT2D eigenvalue weighted by atomic mass is 35.5. The first-order valence-electron chi connectivity index (χ1n) is 9.79. The largest absolute Gasteiger partial charge is 0.377 e. The Kier molecular flexibility index (Phi) is 5.95. The molecule has 156 valence electrons. The molecule has 0 saturated carbocycles. The molecule has 0 aliphatic carbocycles. The second-order valence-corrected chi connectivity index (χ2v) is 7.33. The molecule has 3 heterocycles. The summed E-state index contributed by atoms with van der Waals surface area (Å²) >= 11 is 6.26. The second kappa shape index (κ2) is 8.97. The third kappa shape index (κ3) is 4.57. The number of aromatic amines is 1. The van der Waals surface area contributed by atoms with E-state index in [1.807, 2.05) is 68.6 Å². The summed E-state index contributed by atoms with van der Waals surface area (Å²) in [6.45, 7) is 8.51. The van der Waals surface area contributed by atoms with Gasteiger partial charge in [-0.15, -0.1) is 0 Å². The van der Waals surface area contributed by atoms with E-state index >= 15 is 0 Å². The molecule has 1 aromatic carbocycles. The molecule has 0 aliphatic rings. The van der Waals surface area contributed by atoms with E-state index < -0.39 is 0 Å². The van der Waals surface area contributed by atoms with E-state index in [1.165, 1.54) is 6.33 Å². The lowest BCUT2D eigenvalue weighted by atomic mass is 10.1. The minimum atomic E-state index is 0.465. The van der Waals surface area contributed by atoms with Gasteiger partial charge in [0.2, 0.25) is 0 Å². The predicted octanol–water partition coefficient (Wildman–Crippen LogP) is 5.39. The van der Waals surface area contributed by atoms with Gasteiger partial charge in [-0.3, -0.25) is 4.99 Å². The number of aromatic nitrogens is 5. The van der Waals surface area contributed by atoms with E-state index in [-0.39, 0.29) is 0 Å². The normalized spacial score (nSPS) is 12.0. The highest BCUT2D eigenvalue weighted by Gasteiger charge is 2.16. The van der Waals surface area contributed by atoms with Crippen LogP contribution in [0.1, 0.15) is 25.4 Å². The first-order valence-corrected chi connectivity index (χ1v) is 10.2. The number of hydrogen-bond acceptors (Lipinski definition) is 5. The number of aliphatic imine (C=N–C) groups is 1. The minimum absolute atomic E-state index is 0.465. The van der Waals surface area contributed by atoms with Gasteiger partial charge >= 0.3 is 0 Å². The highest BCUT2D eigenvalue weighted by Crippen LogP contribution is 2.28. The molecular weight excluding hydrogens is 410 g/mol. The van der Waals surface area contributed by atoms with E-state index in [0.29, 0.717) is 17.3 Å². The fourth-order valence-electron chi connectivity index (χ4n) is 3.21. The Morgan fingerprint density at radius 1 is 1.29 bits per heavy atom. The van der Waals surface area contributed by atoms with Crippen molar-refractivity contribution in [1.29, 1.82) is 0 Å². The van der Waals surface area contributed by atoms with Crippen LogP contribution in [-0.2, 0) is 6.54 Å². The molecule has 0 amide bonds. The van der Waals surface area contributed by atoms with Gasteiger partial charge in [-0.1, -0.05) is 36.4 Å². The van der Waals surface area contributed by atoms with Crippen LogP contribution in [0.25, 0.3) is 22.6 Å². The van der Waals surface area contributed by atoms with Crippen molar-refractivity contribution in [2.75, 3.05) is 5.32 Å². The van der Waals surface area contributed by atoms with Crippen molar-refractivity contribution in [2.45, 2.75) is 20.4 Å². The predicted molar refractivity (Wildman–Crippen MR) is 126 cm³/mol. The molecule has 3 aromatic heterocycles. The van der Waals surface area contributed by atoms with Gasteiger partial charge in [0, 0.05) is 17.5 Å². The summed E-state index contributed by atoms with van der Waals surface area (Å²) in [7, 11) is 0. The monoisotopic (exact) mass is 431 g/mol. The van der Waals surface area contributed by atoms with Crippen LogP contribution < -0.4 is 5.32 Å². The zero-order chi connectivity index (χ0) is 21.8. The number of H-pyrrole nitrogens is 1. The quantitative estimate of drug-likeness (QED) is 0.384. The number of halogens is 1. The number of fused-ring (bicyclic) bond motifs is 1. The SMILES string of the molecule is C=C(N=C(C)/C=C\C)c1[nH]c(CNc2ccccc2Cl)nc1-c1ccc2ncnn2c1. The Bertz CT molecular complexity index is 1300. The van der Waals surface area contributed by atoms with Crippen molar-refractivity contribution in [3.63, 3.8) is 0 Å². The maximum atomic E-state index is 6.26. The number of imidazole rings is 1. The number of benzene rings is 1. The fourth-order valence-corrected chi connectivity index (χ4v) is 3.41. The first kappa shape index (κ1) is 20.6. The van der Waals surface area contributed by atoms with Crippen LogP contribution in [0.5, 0.6) is 0 Å². The van der Waals surface area contributed by atoms with Gasteiger partial charge < -0.3 is 10.3 Å². The van der Waals surface area contributed by atoms with Crippen LogP contribution in [0.4, 0.5) is 5.69 Å². The summed E-state index contributed by atoms with van der Waals surface area (Å²) < 4.78 is 1.71. The molecule has 0 spiro atoms. The molecule has 8 heteroatoms. The fraction of sp³-hybridized carbons (Fsp3) is 0.130. The Hall–Kier alpha value is -3.71. The summed E-state index contributed by atoms with van der Waals surface area (Å²) in [6.07, 6.45) is 7.29. The van der Waals surface area contributed by atoms with E-state index in [2.05, 4.69) is 32.0 Å². The zero-order valence-electron chi connectivity index (χ0n) is 17.3. The average molecular weight is 432 g/mol. The molecule has 31 heavy (non-hydrogen) atoms. The molecule has 0 bridgehead atoms. The van der Waals surface area contributed by atoms with Crippen molar-refractivity contribution in [3.05, 3.63) is 84.2 Å². The smallest absolute Gasteiger partial charge is 0.155 e. The van der Waals surface area contributed by atoms with E-state index in [0.717, 1.165) is 39.8 Å². The second-order valence-electron chi connectivity index (χ2n) is 6.92. The maximum Gasteiger partial charge on any atom is 0.155 e. The summed E-state index contributed by atoms with van der Waals surface area (Å²) in [6, 6.07) is 11.5. The lowest BCUT2D eigenvalue weighted by Crippen LogP contribution is -2.01. The molecule has 0 radical (unpaired) electrons. The number of anilines is 1. The number of nitrogens with one attached hydrogen (secondary N) is 2. The van der Waals surface area contributed by atoms with E-state index in [9.17, 15) is 0 Å². The Balaban J connectivity index is 1.71. The van der Waals surface area contributed by atoms with Crippen LogP contribution in [0.15, 0.2) is 72.6 Å². The van der Waals surface area contributed by atoms with Gasteiger partial charge in [0.05, 0.1) is 34.3 Å². The number of rotatable bonds is 7. The van der Waals surface area contributed by atoms with E-state index in [1.54, 1.807) is 4.52 Å². The van der Waals surface area contributed by atoms with Crippen LogP contribution in [0.2, 0.25) is 5.02 Å². The topological polar surface area (TPSA) is 83.3 Å². The molecule has 0 aliphatic heterocycles. The highest BCUT2D eigenvalue weighted by molar-refractivity contribution is 6.33. The molecule has 7 nitrogen and oxygen atoms in total. The summed E-state index contributed by atoms with van der Waals surface area (Å²) in [5.41, 5.74) is 5.44. The Morgan fingerprint density at radius 2 is 2.13 bits per heavy atom. The van der Waals surface area contributed by atoms with Gasteiger partial charge in [-0.25, -0.2) is 14.5 Å². The summed E-state index contributed by atoms with van der Waals surface area (Å²) in [5, 5.41) is 8.20. The maximum absolute atomic E-state index is 6.26. The van der Waals surface area contributed by atoms with Crippen LogP contribution in [0, 0.1) is 0 Å². The third-order valence-electron chi connectivity index (χ3n) is 4.63. The Labute approximate surface area is 185 Å². The van der Waals surface area contributed by atoms with Crippen molar-refractivity contribution < 1.29 is 0 Å². The van der Waals surface area contributed by atoms with Crippen molar-refractivity contribution >= 4 is 34.3 Å². The van der Waals surface area contributed by atoms with Crippen LogP contribution in [-0.4, -0.2) is 30.3 Å². The number of nitrogens with zero attached hydrogens (tertiary/aromatic N) is 5. The molecule has 2 N–H and O–H groups in total.